The van der Waals surface area contributed by atoms with Crippen LogP contribution < -0.4 is 27.4 Å². The largest absolute Gasteiger partial charge is 0.508 e. The second-order valence-electron chi connectivity index (χ2n) is 7.97. The highest BCUT2D eigenvalue weighted by molar-refractivity contribution is 7.98. The number of nitrogens with one attached hydrogen (secondary N) is 3. The molecule has 14 heteroatoms. The molecule has 0 heterocycles. The van der Waals surface area contributed by atoms with Crippen LogP contribution in [0.1, 0.15) is 24.8 Å². The number of primary amides is 1. The summed E-state index contributed by atoms with van der Waals surface area (Å²) < 4.78 is 0. The van der Waals surface area contributed by atoms with Crippen molar-refractivity contribution in [1.29, 1.82) is 0 Å². The van der Waals surface area contributed by atoms with Crippen molar-refractivity contribution in [2.75, 3.05) is 18.6 Å². The predicted molar refractivity (Wildman–Crippen MR) is 132 cm³/mol. The molecule has 4 unspecified atom stereocenters. The zero-order valence-electron chi connectivity index (χ0n) is 19.8. The molecule has 0 aliphatic heterocycles. The fraction of sp³-hybridized carbons (Fsp3) is 0.500. The van der Waals surface area contributed by atoms with Crippen LogP contribution in [0.5, 0.6) is 5.75 Å². The van der Waals surface area contributed by atoms with Gasteiger partial charge < -0.3 is 42.7 Å². The maximum atomic E-state index is 13.0. The number of benzene rings is 1. The van der Waals surface area contributed by atoms with Gasteiger partial charge in [-0.05, 0) is 42.5 Å². The third-order valence-electron chi connectivity index (χ3n) is 5.09. The number of carbonyl (C=O) groups excluding carboxylic acids is 4. The maximum absolute atomic E-state index is 13.0. The Hall–Kier alpha value is -3.36. The number of amides is 4. The van der Waals surface area contributed by atoms with E-state index in [0.717, 1.165) is 0 Å². The van der Waals surface area contributed by atoms with Crippen LogP contribution >= 0.6 is 11.8 Å². The van der Waals surface area contributed by atoms with Gasteiger partial charge in [-0.15, -0.1) is 0 Å². The van der Waals surface area contributed by atoms with Gasteiger partial charge >= 0.3 is 5.97 Å². The number of carboxylic acid groups (broad SMARTS) is 1. The Balaban J connectivity index is 3.00. The molecule has 1 rings (SSSR count). The highest BCUT2D eigenvalue weighted by Crippen LogP contribution is 2.12. The number of aliphatic hydroxyl groups excluding tert-OH is 1. The number of aliphatic hydroxyl groups is 1. The van der Waals surface area contributed by atoms with E-state index >= 15 is 0 Å². The van der Waals surface area contributed by atoms with Gasteiger partial charge in [-0.3, -0.25) is 19.2 Å². The highest BCUT2D eigenvalue weighted by atomic mass is 32.2. The maximum Gasteiger partial charge on any atom is 0.326 e. The van der Waals surface area contributed by atoms with Crippen molar-refractivity contribution in [2.45, 2.75) is 49.9 Å². The first-order chi connectivity index (χ1) is 17.0. The molecule has 0 aliphatic rings. The summed E-state index contributed by atoms with van der Waals surface area (Å²) >= 11 is 1.41. The van der Waals surface area contributed by atoms with Crippen molar-refractivity contribution in [3.8, 4) is 5.75 Å². The smallest absolute Gasteiger partial charge is 0.326 e. The van der Waals surface area contributed by atoms with E-state index in [9.17, 15) is 39.3 Å². The van der Waals surface area contributed by atoms with Crippen LogP contribution in [0.4, 0.5) is 0 Å². The van der Waals surface area contributed by atoms with Gasteiger partial charge in [0.2, 0.25) is 23.6 Å². The predicted octanol–water partition coefficient (Wildman–Crippen LogP) is -2.19. The molecule has 0 saturated heterocycles. The Morgan fingerprint density at radius 3 is 2.00 bits per heavy atom. The lowest BCUT2D eigenvalue weighted by Gasteiger charge is -2.24. The summed E-state index contributed by atoms with van der Waals surface area (Å²) in [6.45, 7) is -0.820. The monoisotopic (exact) mass is 527 g/mol. The van der Waals surface area contributed by atoms with Crippen molar-refractivity contribution < 1.29 is 39.3 Å². The number of phenolic OH excluding ortho intramolecular Hbond substituents is 1. The number of nitrogens with two attached hydrogens (primary N) is 2. The van der Waals surface area contributed by atoms with Gasteiger partial charge in [0, 0.05) is 12.8 Å². The molecule has 0 spiro atoms. The van der Waals surface area contributed by atoms with E-state index < -0.39 is 60.4 Å². The van der Waals surface area contributed by atoms with Gasteiger partial charge in [-0.25, -0.2) is 4.79 Å². The number of hydrogen-bond donors (Lipinski definition) is 8. The minimum atomic E-state index is -1.47. The molecule has 1 aromatic carbocycles. The number of carbonyl (C=O) groups is 5. The number of aliphatic carboxylic acids is 1. The lowest BCUT2D eigenvalue weighted by atomic mass is 10.0. The first-order valence-corrected chi connectivity index (χ1v) is 12.4. The highest BCUT2D eigenvalue weighted by Gasteiger charge is 2.30. The molecule has 36 heavy (non-hydrogen) atoms. The molecule has 4 amide bonds. The first kappa shape index (κ1) is 30.7. The fourth-order valence-corrected chi connectivity index (χ4v) is 3.49. The van der Waals surface area contributed by atoms with Gasteiger partial charge in [0.05, 0.1) is 12.6 Å². The third-order valence-corrected chi connectivity index (χ3v) is 5.73. The Morgan fingerprint density at radius 2 is 1.47 bits per heavy atom. The number of phenols is 1. The number of aromatic hydroxyl groups is 1. The molecule has 4 atom stereocenters. The fourth-order valence-electron chi connectivity index (χ4n) is 3.02. The van der Waals surface area contributed by atoms with E-state index in [1.165, 1.54) is 36.0 Å². The Morgan fingerprint density at radius 1 is 0.917 bits per heavy atom. The molecule has 200 valence electrons. The summed E-state index contributed by atoms with van der Waals surface area (Å²) in [4.78, 5) is 60.5. The topological polar surface area (TPSA) is 234 Å². The Bertz CT molecular complexity index is 914. The molecular weight excluding hydrogens is 494 g/mol. The second-order valence-corrected chi connectivity index (χ2v) is 8.95. The zero-order valence-corrected chi connectivity index (χ0v) is 20.6. The molecule has 0 radical (unpaired) electrons. The number of thioether (sulfide) groups is 1. The molecule has 10 N–H and O–H groups in total. The van der Waals surface area contributed by atoms with Gasteiger partial charge in [0.15, 0.2) is 0 Å². The summed E-state index contributed by atoms with van der Waals surface area (Å²) in [5, 5.41) is 35.6. The van der Waals surface area contributed by atoms with Crippen molar-refractivity contribution in [3.63, 3.8) is 0 Å². The quantitative estimate of drug-likeness (QED) is 0.116. The molecule has 0 aliphatic carbocycles. The standard InChI is InChI=1S/C22H33N5O8S/c1-36-9-8-15(22(34)35)25-20(32)16(10-12-2-4-13(29)5-3-12)26-21(33)17(11-28)27-19(31)14(23)6-7-18(24)30/h2-5,14-17,28-29H,6-11,23H2,1H3,(H2,24,30)(H,25,32)(H,26,33)(H,27,31)(H,34,35). The van der Waals surface area contributed by atoms with E-state index in [2.05, 4.69) is 16.0 Å². The number of hydrogen-bond acceptors (Lipinski definition) is 9. The van der Waals surface area contributed by atoms with Crippen LogP contribution in [0.2, 0.25) is 0 Å². The minimum Gasteiger partial charge on any atom is -0.508 e. The van der Waals surface area contributed by atoms with Crippen LogP contribution in [0.15, 0.2) is 24.3 Å². The van der Waals surface area contributed by atoms with Crippen molar-refractivity contribution >= 4 is 41.4 Å². The summed E-state index contributed by atoms with van der Waals surface area (Å²) in [6.07, 6.45) is 1.65. The average Bonchev–Trinajstić information content (AvgIpc) is 2.83. The van der Waals surface area contributed by atoms with E-state index in [1.807, 2.05) is 0 Å². The van der Waals surface area contributed by atoms with Crippen LogP contribution in [-0.2, 0) is 30.4 Å². The van der Waals surface area contributed by atoms with Gasteiger partial charge in [0.1, 0.15) is 23.9 Å². The van der Waals surface area contributed by atoms with Crippen LogP contribution in [0.25, 0.3) is 0 Å². The molecular formula is C22H33N5O8S. The van der Waals surface area contributed by atoms with E-state index in [1.54, 1.807) is 6.26 Å². The van der Waals surface area contributed by atoms with Gasteiger partial charge in [-0.1, -0.05) is 12.1 Å². The van der Waals surface area contributed by atoms with Crippen molar-refractivity contribution in [2.24, 2.45) is 11.5 Å². The molecule has 1 aromatic rings. The van der Waals surface area contributed by atoms with Gasteiger partial charge in [0.25, 0.3) is 0 Å². The zero-order chi connectivity index (χ0) is 27.3. The van der Waals surface area contributed by atoms with Gasteiger partial charge in [-0.2, -0.15) is 11.8 Å². The summed E-state index contributed by atoms with van der Waals surface area (Å²) in [7, 11) is 0. The SMILES string of the molecule is CSCCC(NC(=O)C(Cc1ccc(O)cc1)NC(=O)C(CO)NC(=O)C(N)CCC(N)=O)C(=O)O. The molecule has 0 aromatic heterocycles. The number of carboxylic acids is 1. The Labute approximate surface area is 212 Å². The molecule has 0 fully saturated rings. The van der Waals surface area contributed by atoms with E-state index in [-0.39, 0.29) is 31.4 Å². The summed E-state index contributed by atoms with van der Waals surface area (Å²) in [6, 6.07) is 0.708. The Kier molecular flexibility index (Phi) is 13.3. The van der Waals surface area contributed by atoms with Crippen molar-refractivity contribution in [3.05, 3.63) is 29.8 Å². The molecule has 0 bridgehead atoms. The molecule has 0 saturated carbocycles. The van der Waals surface area contributed by atoms with Crippen LogP contribution in [0, 0.1) is 0 Å². The summed E-state index contributed by atoms with van der Waals surface area (Å²) in [5.74, 6) is -3.95. The second kappa shape index (κ2) is 15.6. The van der Waals surface area contributed by atoms with Crippen LogP contribution in [0.3, 0.4) is 0 Å². The average molecular weight is 528 g/mol. The lowest BCUT2D eigenvalue weighted by molar-refractivity contribution is -0.142. The summed E-state index contributed by atoms with van der Waals surface area (Å²) in [5.41, 5.74) is 11.3. The molecule has 13 nitrogen and oxygen atoms in total. The van der Waals surface area contributed by atoms with E-state index in [0.29, 0.717) is 11.3 Å². The minimum absolute atomic E-state index is 0.0116. The third kappa shape index (κ3) is 10.9. The van der Waals surface area contributed by atoms with Crippen molar-refractivity contribution in [1.82, 2.24) is 16.0 Å². The number of rotatable bonds is 16. The lowest BCUT2D eigenvalue weighted by Crippen LogP contribution is -2.58. The van der Waals surface area contributed by atoms with Crippen LogP contribution in [-0.4, -0.2) is 87.7 Å². The van der Waals surface area contributed by atoms with E-state index in [4.69, 9.17) is 11.5 Å². The normalized spacial score (nSPS) is 14.1. The first-order valence-electron chi connectivity index (χ1n) is 11.0.